The first-order chi connectivity index (χ1) is 7.70. The molecule has 2 aliphatic carbocycles. The van der Waals surface area contributed by atoms with E-state index in [9.17, 15) is 5.11 Å². The molecule has 3 nitrogen and oxygen atoms in total. The zero-order valence-corrected chi connectivity index (χ0v) is 10.4. The minimum atomic E-state index is -0.314. The Morgan fingerprint density at radius 3 is 2.69 bits per heavy atom. The predicted octanol–water partition coefficient (Wildman–Crippen LogP) is 2.12. The van der Waals surface area contributed by atoms with E-state index in [1.165, 1.54) is 25.7 Å². The van der Waals surface area contributed by atoms with Crippen LogP contribution in [0.15, 0.2) is 0 Å². The Kier molecular flexibility index (Phi) is 4.22. The molecular formula is C13H24O3. The van der Waals surface area contributed by atoms with Gasteiger partial charge in [-0.1, -0.05) is 19.8 Å². The molecule has 2 rings (SSSR count). The van der Waals surface area contributed by atoms with Gasteiger partial charge in [0.1, 0.15) is 6.10 Å². The first-order valence-corrected chi connectivity index (χ1v) is 6.65. The highest BCUT2D eigenvalue weighted by Gasteiger charge is 2.43. The molecule has 0 radical (unpaired) electrons. The van der Waals surface area contributed by atoms with Gasteiger partial charge in [-0.2, -0.15) is 0 Å². The van der Waals surface area contributed by atoms with Crippen molar-refractivity contribution in [2.24, 2.45) is 5.92 Å². The van der Waals surface area contributed by atoms with Gasteiger partial charge in [0.05, 0.1) is 18.3 Å². The lowest BCUT2D eigenvalue weighted by atomic mass is 9.85. The molecule has 0 spiro atoms. The molecular weight excluding hydrogens is 204 g/mol. The highest BCUT2D eigenvalue weighted by molar-refractivity contribution is 4.93. The number of hydrogen-bond acceptors (Lipinski definition) is 3. The van der Waals surface area contributed by atoms with Crippen molar-refractivity contribution < 1.29 is 14.6 Å². The molecule has 0 aromatic carbocycles. The second-order valence-corrected chi connectivity index (χ2v) is 5.29. The van der Waals surface area contributed by atoms with Crippen LogP contribution in [-0.4, -0.2) is 36.1 Å². The fraction of sp³-hybridized carbons (Fsp3) is 1.00. The maximum atomic E-state index is 9.59. The van der Waals surface area contributed by atoms with Gasteiger partial charge in [-0.05, 0) is 25.7 Å². The van der Waals surface area contributed by atoms with E-state index < -0.39 is 0 Å². The fourth-order valence-corrected chi connectivity index (χ4v) is 2.85. The van der Waals surface area contributed by atoms with Crippen LogP contribution in [0.5, 0.6) is 0 Å². The van der Waals surface area contributed by atoms with Gasteiger partial charge >= 0.3 is 0 Å². The molecule has 16 heavy (non-hydrogen) atoms. The molecule has 94 valence electrons. The molecule has 0 aromatic rings. The average Bonchev–Trinajstić information content (AvgIpc) is 2.26. The van der Waals surface area contributed by atoms with Gasteiger partial charge in [0.25, 0.3) is 0 Å². The topological polar surface area (TPSA) is 38.7 Å². The summed E-state index contributed by atoms with van der Waals surface area (Å²) in [5.41, 5.74) is 0. The van der Waals surface area contributed by atoms with E-state index in [2.05, 4.69) is 6.92 Å². The number of rotatable bonds is 4. The molecule has 2 saturated carbocycles. The Balaban J connectivity index is 1.76. The largest absolute Gasteiger partial charge is 0.390 e. The van der Waals surface area contributed by atoms with Crippen molar-refractivity contribution in [3.05, 3.63) is 0 Å². The first kappa shape index (κ1) is 12.3. The van der Waals surface area contributed by atoms with E-state index in [0.29, 0.717) is 12.7 Å². The Labute approximate surface area is 98.1 Å². The zero-order valence-electron chi connectivity index (χ0n) is 10.4. The Hall–Kier alpha value is -0.120. The molecule has 0 aliphatic heterocycles. The summed E-state index contributed by atoms with van der Waals surface area (Å²) in [7, 11) is 0. The van der Waals surface area contributed by atoms with Crippen LogP contribution in [0.25, 0.3) is 0 Å². The Morgan fingerprint density at radius 2 is 2.06 bits per heavy atom. The summed E-state index contributed by atoms with van der Waals surface area (Å²) >= 11 is 0. The quantitative estimate of drug-likeness (QED) is 0.801. The lowest BCUT2D eigenvalue weighted by Crippen LogP contribution is -2.55. The second kappa shape index (κ2) is 5.48. The van der Waals surface area contributed by atoms with Gasteiger partial charge in [0.15, 0.2) is 0 Å². The fourth-order valence-electron chi connectivity index (χ4n) is 2.85. The van der Waals surface area contributed by atoms with E-state index >= 15 is 0 Å². The van der Waals surface area contributed by atoms with Crippen LogP contribution >= 0.6 is 0 Å². The smallest absolute Gasteiger partial charge is 0.110 e. The van der Waals surface area contributed by atoms with Crippen molar-refractivity contribution in [3.63, 3.8) is 0 Å². The Morgan fingerprint density at radius 1 is 1.25 bits per heavy atom. The van der Waals surface area contributed by atoms with Gasteiger partial charge in [-0.25, -0.2) is 0 Å². The number of aliphatic hydroxyl groups excluding tert-OH is 1. The van der Waals surface area contributed by atoms with Crippen molar-refractivity contribution >= 4 is 0 Å². The molecule has 2 fully saturated rings. The summed E-state index contributed by atoms with van der Waals surface area (Å²) in [4.78, 5) is 0. The summed E-state index contributed by atoms with van der Waals surface area (Å²) < 4.78 is 11.5. The van der Waals surface area contributed by atoms with Crippen molar-refractivity contribution in [3.8, 4) is 0 Å². The number of hydrogen-bond donors (Lipinski definition) is 1. The van der Waals surface area contributed by atoms with Gasteiger partial charge in [0, 0.05) is 13.0 Å². The SMILES string of the molecule is CCOC1C(O)CC1OC1CCCC(C)C1. The van der Waals surface area contributed by atoms with Crippen molar-refractivity contribution in [2.75, 3.05) is 6.61 Å². The molecule has 5 unspecified atom stereocenters. The molecule has 0 saturated heterocycles. The van der Waals surface area contributed by atoms with Gasteiger partial charge in [-0.3, -0.25) is 0 Å². The molecule has 0 amide bonds. The number of ether oxygens (including phenoxy) is 2. The molecule has 5 atom stereocenters. The molecule has 0 bridgehead atoms. The maximum Gasteiger partial charge on any atom is 0.110 e. The van der Waals surface area contributed by atoms with Crippen LogP contribution in [0.4, 0.5) is 0 Å². The lowest BCUT2D eigenvalue weighted by Gasteiger charge is -2.43. The monoisotopic (exact) mass is 228 g/mol. The second-order valence-electron chi connectivity index (χ2n) is 5.29. The molecule has 1 N–H and O–H groups in total. The summed E-state index contributed by atoms with van der Waals surface area (Å²) in [5.74, 6) is 0.786. The zero-order chi connectivity index (χ0) is 11.5. The van der Waals surface area contributed by atoms with E-state index in [0.717, 1.165) is 12.3 Å². The van der Waals surface area contributed by atoms with Crippen LogP contribution in [0, 0.1) is 5.92 Å². The van der Waals surface area contributed by atoms with Crippen LogP contribution in [0.2, 0.25) is 0 Å². The van der Waals surface area contributed by atoms with Crippen molar-refractivity contribution in [1.82, 2.24) is 0 Å². The van der Waals surface area contributed by atoms with Crippen LogP contribution in [0.1, 0.15) is 46.0 Å². The van der Waals surface area contributed by atoms with E-state index in [-0.39, 0.29) is 18.3 Å². The number of aliphatic hydroxyl groups is 1. The van der Waals surface area contributed by atoms with Gasteiger partial charge < -0.3 is 14.6 Å². The normalized spacial score (nSPS) is 44.1. The average molecular weight is 228 g/mol. The third-order valence-electron chi connectivity index (χ3n) is 3.83. The van der Waals surface area contributed by atoms with E-state index in [1.807, 2.05) is 6.92 Å². The van der Waals surface area contributed by atoms with Gasteiger partial charge in [-0.15, -0.1) is 0 Å². The molecule has 0 heterocycles. The van der Waals surface area contributed by atoms with Crippen LogP contribution in [-0.2, 0) is 9.47 Å². The van der Waals surface area contributed by atoms with Crippen LogP contribution < -0.4 is 0 Å². The third kappa shape index (κ3) is 2.76. The van der Waals surface area contributed by atoms with Crippen molar-refractivity contribution in [1.29, 1.82) is 0 Å². The Bertz CT molecular complexity index is 219. The highest BCUT2D eigenvalue weighted by Crippen LogP contribution is 2.33. The minimum Gasteiger partial charge on any atom is -0.390 e. The molecule has 3 heteroatoms. The van der Waals surface area contributed by atoms with Crippen molar-refractivity contribution in [2.45, 2.75) is 70.4 Å². The summed E-state index contributed by atoms with van der Waals surface area (Å²) in [6.07, 6.45) is 5.84. The first-order valence-electron chi connectivity index (χ1n) is 6.65. The lowest BCUT2D eigenvalue weighted by molar-refractivity contribution is -0.210. The summed E-state index contributed by atoms with van der Waals surface area (Å²) in [6.45, 7) is 4.92. The van der Waals surface area contributed by atoms with Gasteiger partial charge in [0.2, 0.25) is 0 Å². The van der Waals surface area contributed by atoms with E-state index in [4.69, 9.17) is 9.47 Å². The molecule has 2 aliphatic rings. The summed E-state index contributed by atoms with van der Waals surface area (Å²) in [6, 6.07) is 0. The standard InChI is InChI=1S/C13H24O3/c1-3-15-13-11(14)8-12(13)16-10-6-4-5-9(2)7-10/h9-14H,3-8H2,1-2H3. The minimum absolute atomic E-state index is 0.0813. The predicted molar refractivity (Wildman–Crippen MR) is 62.3 cm³/mol. The summed E-state index contributed by atoms with van der Waals surface area (Å²) in [5, 5.41) is 9.59. The third-order valence-corrected chi connectivity index (χ3v) is 3.83. The van der Waals surface area contributed by atoms with Crippen LogP contribution in [0.3, 0.4) is 0 Å². The maximum absolute atomic E-state index is 9.59. The van der Waals surface area contributed by atoms with E-state index in [1.54, 1.807) is 0 Å². The molecule has 0 aromatic heterocycles. The highest BCUT2D eigenvalue weighted by atomic mass is 16.6.